The summed E-state index contributed by atoms with van der Waals surface area (Å²) >= 11 is 0. The third kappa shape index (κ3) is 2.65. The highest BCUT2D eigenvalue weighted by Gasteiger charge is 2.25. The van der Waals surface area contributed by atoms with Gasteiger partial charge in [0, 0.05) is 29.9 Å². The van der Waals surface area contributed by atoms with Gasteiger partial charge in [-0.05, 0) is 49.8 Å². The summed E-state index contributed by atoms with van der Waals surface area (Å²) < 4.78 is 1.74. The number of fused-ring (bicyclic) bond motifs is 3. The minimum atomic E-state index is -0.241. The number of carbonyl (C=O) groups is 1. The molecule has 7 nitrogen and oxygen atoms in total. The van der Waals surface area contributed by atoms with Gasteiger partial charge in [0.05, 0.1) is 10.9 Å². The lowest BCUT2D eigenvalue weighted by molar-refractivity contribution is 0.102. The molecule has 0 saturated heterocycles. The van der Waals surface area contributed by atoms with E-state index in [1.807, 2.05) is 0 Å². The predicted octanol–water partition coefficient (Wildman–Crippen LogP) is 2.44. The fraction of sp³-hybridized carbons (Fsp3) is 0.400. The largest absolute Gasteiger partial charge is 0.321 e. The maximum absolute atomic E-state index is 12.8. The molecule has 0 spiro atoms. The average molecular weight is 363 g/mol. The van der Waals surface area contributed by atoms with Crippen LogP contribution in [0.4, 0.5) is 5.69 Å². The van der Waals surface area contributed by atoms with Crippen molar-refractivity contribution in [2.75, 3.05) is 5.32 Å². The highest BCUT2D eigenvalue weighted by Crippen LogP contribution is 2.27. The minimum Gasteiger partial charge on any atom is -0.321 e. The summed E-state index contributed by atoms with van der Waals surface area (Å²) in [6.07, 6.45) is 4.70. The number of aryl methyl sites for hydroxylation is 2. The van der Waals surface area contributed by atoms with Gasteiger partial charge in [-0.1, -0.05) is 6.92 Å². The molecule has 2 aromatic heterocycles. The van der Waals surface area contributed by atoms with E-state index in [1.165, 1.54) is 0 Å². The third-order valence-electron chi connectivity index (χ3n) is 5.68. The molecule has 3 aromatic rings. The lowest BCUT2D eigenvalue weighted by Gasteiger charge is -2.18. The van der Waals surface area contributed by atoms with Gasteiger partial charge < -0.3 is 5.32 Å². The standard InChI is InChI=1S/C20H21N5O2/c1-11-4-6-16-13(9-11)18(24-23-16)19(26)21-12-5-7-15-14(10-12)20(27)25-8-2-3-17(25)22-15/h5,7,10-11H,2-4,6,8-9H2,1H3,(H,21,26)(H,23,24). The number of nitrogens with one attached hydrogen (secondary N) is 2. The van der Waals surface area contributed by atoms with Crippen LogP contribution in [-0.4, -0.2) is 25.7 Å². The molecule has 0 fully saturated rings. The first-order valence-electron chi connectivity index (χ1n) is 9.51. The SMILES string of the molecule is CC1CCc2[nH]nc(C(=O)Nc3ccc4nc5n(c(=O)c4c3)CCC5)c2C1. The second-order valence-corrected chi connectivity index (χ2v) is 7.65. The van der Waals surface area contributed by atoms with Crippen molar-refractivity contribution in [2.24, 2.45) is 5.92 Å². The summed E-state index contributed by atoms with van der Waals surface area (Å²) in [5, 5.41) is 10.7. The molecular formula is C20H21N5O2. The first kappa shape index (κ1) is 16.2. The van der Waals surface area contributed by atoms with E-state index in [1.54, 1.807) is 22.8 Å². The molecule has 1 atom stereocenters. The van der Waals surface area contributed by atoms with Crippen LogP contribution in [0.1, 0.15) is 47.3 Å². The molecule has 1 aliphatic carbocycles. The predicted molar refractivity (Wildman–Crippen MR) is 102 cm³/mol. The second kappa shape index (κ2) is 6.04. The number of H-pyrrole nitrogens is 1. The summed E-state index contributed by atoms with van der Waals surface area (Å²) in [5.41, 5.74) is 3.78. The van der Waals surface area contributed by atoms with E-state index in [4.69, 9.17) is 0 Å². The molecule has 0 radical (unpaired) electrons. The van der Waals surface area contributed by atoms with Gasteiger partial charge in [0.2, 0.25) is 0 Å². The highest BCUT2D eigenvalue weighted by molar-refractivity contribution is 6.04. The topological polar surface area (TPSA) is 92.7 Å². The van der Waals surface area contributed by atoms with Crippen molar-refractivity contribution in [3.63, 3.8) is 0 Å². The zero-order valence-corrected chi connectivity index (χ0v) is 15.2. The fourth-order valence-electron chi connectivity index (χ4n) is 4.21. The number of aromatic nitrogens is 4. The average Bonchev–Trinajstić information content (AvgIpc) is 3.29. The van der Waals surface area contributed by atoms with E-state index in [9.17, 15) is 9.59 Å². The summed E-state index contributed by atoms with van der Waals surface area (Å²) in [6, 6.07) is 5.31. The zero-order valence-electron chi connectivity index (χ0n) is 15.2. The molecule has 1 amide bonds. The Balaban J connectivity index is 1.48. The fourth-order valence-corrected chi connectivity index (χ4v) is 4.21. The molecule has 1 unspecified atom stereocenters. The number of aromatic amines is 1. The Hall–Kier alpha value is -2.96. The van der Waals surface area contributed by atoms with Crippen LogP contribution < -0.4 is 10.9 Å². The molecular weight excluding hydrogens is 342 g/mol. The smallest absolute Gasteiger partial charge is 0.276 e. The molecule has 2 aliphatic rings. The number of anilines is 1. The summed E-state index contributed by atoms with van der Waals surface area (Å²) in [7, 11) is 0. The van der Waals surface area contributed by atoms with Crippen LogP contribution in [0.15, 0.2) is 23.0 Å². The molecule has 3 heterocycles. The zero-order chi connectivity index (χ0) is 18.5. The Labute approximate surface area is 155 Å². The number of amides is 1. The third-order valence-corrected chi connectivity index (χ3v) is 5.68. The molecule has 27 heavy (non-hydrogen) atoms. The number of carbonyl (C=O) groups excluding carboxylic acids is 1. The monoisotopic (exact) mass is 363 g/mol. The summed E-state index contributed by atoms with van der Waals surface area (Å²) in [5.74, 6) is 1.16. The van der Waals surface area contributed by atoms with E-state index in [0.717, 1.165) is 49.2 Å². The van der Waals surface area contributed by atoms with Crippen LogP contribution in [-0.2, 0) is 25.8 Å². The second-order valence-electron chi connectivity index (χ2n) is 7.65. The van der Waals surface area contributed by atoms with Gasteiger partial charge >= 0.3 is 0 Å². The van der Waals surface area contributed by atoms with Gasteiger partial charge in [-0.3, -0.25) is 19.3 Å². The Morgan fingerprint density at radius 1 is 1.33 bits per heavy atom. The van der Waals surface area contributed by atoms with E-state index in [-0.39, 0.29) is 11.5 Å². The van der Waals surface area contributed by atoms with Crippen molar-refractivity contribution in [3.05, 3.63) is 51.3 Å². The number of benzene rings is 1. The molecule has 5 rings (SSSR count). The van der Waals surface area contributed by atoms with Crippen molar-refractivity contribution >= 4 is 22.5 Å². The highest BCUT2D eigenvalue weighted by atomic mass is 16.2. The Morgan fingerprint density at radius 3 is 3.11 bits per heavy atom. The van der Waals surface area contributed by atoms with Crippen molar-refractivity contribution in [1.29, 1.82) is 0 Å². The first-order chi connectivity index (χ1) is 13.1. The van der Waals surface area contributed by atoms with Gasteiger partial charge in [0.25, 0.3) is 11.5 Å². The minimum absolute atomic E-state index is 0.0328. The van der Waals surface area contributed by atoms with Crippen LogP contribution in [0.5, 0.6) is 0 Å². The molecule has 138 valence electrons. The van der Waals surface area contributed by atoms with E-state index >= 15 is 0 Å². The molecule has 7 heteroatoms. The molecule has 0 saturated carbocycles. The normalized spacial score (nSPS) is 18.3. The summed E-state index contributed by atoms with van der Waals surface area (Å²) in [6.45, 7) is 2.91. The molecule has 1 aromatic carbocycles. The van der Waals surface area contributed by atoms with Crippen LogP contribution >= 0.6 is 0 Å². The van der Waals surface area contributed by atoms with Gasteiger partial charge in [-0.15, -0.1) is 0 Å². The lowest BCUT2D eigenvalue weighted by atomic mass is 9.87. The first-order valence-corrected chi connectivity index (χ1v) is 9.51. The summed E-state index contributed by atoms with van der Waals surface area (Å²) in [4.78, 5) is 30.1. The molecule has 2 N–H and O–H groups in total. The van der Waals surface area contributed by atoms with Crippen LogP contribution in [0, 0.1) is 5.92 Å². The van der Waals surface area contributed by atoms with Crippen molar-refractivity contribution in [2.45, 2.75) is 45.6 Å². The van der Waals surface area contributed by atoms with Gasteiger partial charge in [-0.2, -0.15) is 5.10 Å². The Kier molecular flexibility index (Phi) is 3.63. The maximum Gasteiger partial charge on any atom is 0.276 e. The maximum atomic E-state index is 12.8. The number of rotatable bonds is 2. The Morgan fingerprint density at radius 2 is 2.22 bits per heavy atom. The Bertz CT molecular complexity index is 1130. The quantitative estimate of drug-likeness (QED) is 0.731. The van der Waals surface area contributed by atoms with Crippen LogP contribution in [0.3, 0.4) is 0 Å². The van der Waals surface area contributed by atoms with E-state index in [0.29, 0.717) is 34.7 Å². The van der Waals surface area contributed by atoms with E-state index in [2.05, 4.69) is 27.4 Å². The lowest BCUT2D eigenvalue weighted by Crippen LogP contribution is -2.21. The van der Waals surface area contributed by atoms with Crippen LogP contribution in [0.25, 0.3) is 10.9 Å². The van der Waals surface area contributed by atoms with Gasteiger partial charge in [0.1, 0.15) is 5.82 Å². The number of hydrogen-bond acceptors (Lipinski definition) is 4. The van der Waals surface area contributed by atoms with Crippen molar-refractivity contribution < 1.29 is 4.79 Å². The number of nitrogens with zero attached hydrogens (tertiary/aromatic N) is 3. The van der Waals surface area contributed by atoms with Gasteiger partial charge in [-0.25, -0.2) is 4.98 Å². The van der Waals surface area contributed by atoms with Gasteiger partial charge in [0.15, 0.2) is 5.69 Å². The van der Waals surface area contributed by atoms with Crippen LogP contribution in [0.2, 0.25) is 0 Å². The molecule has 0 bridgehead atoms. The molecule has 1 aliphatic heterocycles. The van der Waals surface area contributed by atoms with Crippen molar-refractivity contribution in [1.82, 2.24) is 19.7 Å². The number of hydrogen-bond donors (Lipinski definition) is 2. The van der Waals surface area contributed by atoms with E-state index < -0.39 is 0 Å². The van der Waals surface area contributed by atoms with Crippen molar-refractivity contribution in [3.8, 4) is 0 Å².